The minimum Gasteiger partial charge on any atom is -0.455 e. The number of fused-ring (bicyclic) bond motifs is 9. The standard InChI is InChI=1S/C40H24O/c1-2-9-25(10-3-1)28-17-18-29-24-36-30-13-6-4-11-26(30)19-21-32(36)38(35(29)23-28)33-15-8-16-37-39(33)34-22-20-27-12-5-7-14-31(27)40(34)41-37/h1-24H. The van der Waals surface area contributed by atoms with Crippen LogP contribution in [0.3, 0.4) is 0 Å². The summed E-state index contributed by atoms with van der Waals surface area (Å²) in [6, 6.07) is 52.6. The van der Waals surface area contributed by atoms with Gasteiger partial charge in [-0.2, -0.15) is 0 Å². The minimum absolute atomic E-state index is 0.916. The monoisotopic (exact) mass is 520 g/mol. The van der Waals surface area contributed by atoms with E-state index in [0.29, 0.717) is 0 Å². The van der Waals surface area contributed by atoms with Crippen molar-refractivity contribution in [3.05, 3.63) is 146 Å². The Kier molecular flexibility index (Phi) is 4.67. The zero-order chi connectivity index (χ0) is 26.9. The molecule has 0 atom stereocenters. The van der Waals surface area contributed by atoms with E-state index in [1.807, 2.05) is 0 Å². The molecule has 1 aromatic heterocycles. The maximum Gasteiger partial charge on any atom is 0.143 e. The van der Waals surface area contributed by atoms with Crippen LogP contribution in [0.1, 0.15) is 0 Å². The first-order valence-electron chi connectivity index (χ1n) is 14.1. The average Bonchev–Trinajstić information content (AvgIpc) is 3.43. The van der Waals surface area contributed by atoms with Crippen molar-refractivity contribution in [1.82, 2.24) is 0 Å². The van der Waals surface area contributed by atoms with Crippen LogP contribution in [-0.2, 0) is 0 Å². The highest BCUT2D eigenvalue weighted by Crippen LogP contribution is 2.45. The SMILES string of the molecule is c1ccc(-c2ccc3cc4c(ccc5ccccc54)c(-c4cccc5oc6c7ccccc7ccc6c45)c3c2)cc1. The van der Waals surface area contributed by atoms with E-state index < -0.39 is 0 Å². The van der Waals surface area contributed by atoms with Crippen molar-refractivity contribution < 1.29 is 4.42 Å². The molecule has 0 bridgehead atoms. The van der Waals surface area contributed by atoms with E-state index in [0.717, 1.165) is 21.9 Å². The normalized spacial score (nSPS) is 11.9. The van der Waals surface area contributed by atoms with Crippen LogP contribution < -0.4 is 0 Å². The van der Waals surface area contributed by atoms with Crippen molar-refractivity contribution >= 4 is 65.0 Å². The molecule has 0 saturated heterocycles. The van der Waals surface area contributed by atoms with Crippen LogP contribution in [0.15, 0.2) is 150 Å². The lowest BCUT2D eigenvalue weighted by atomic mass is 9.87. The molecule has 0 amide bonds. The Hall–Kier alpha value is -5.40. The molecule has 0 saturated carbocycles. The van der Waals surface area contributed by atoms with Gasteiger partial charge in [0.05, 0.1) is 0 Å². The molecule has 0 aliphatic rings. The summed E-state index contributed by atoms with van der Waals surface area (Å²) in [4.78, 5) is 0. The lowest BCUT2D eigenvalue weighted by Crippen LogP contribution is -1.89. The zero-order valence-corrected chi connectivity index (χ0v) is 22.3. The smallest absolute Gasteiger partial charge is 0.143 e. The average molecular weight is 521 g/mol. The number of furan rings is 1. The Bertz CT molecular complexity index is 2460. The summed E-state index contributed by atoms with van der Waals surface area (Å²) in [6.07, 6.45) is 0. The van der Waals surface area contributed by atoms with Gasteiger partial charge >= 0.3 is 0 Å². The summed E-state index contributed by atoms with van der Waals surface area (Å²) in [7, 11) is 0. The summed E-state index contributed by atoms with van der Waals surface area (Å²) in [5.74, 6) is 0. The first-order chi connectivity index (χ1) is 20.3. The molecule has 9 rings (SSSR count). The minimum atomic E-state index is 0.916. The van der Waals surface area contributed by atoms with Crippen LogP contribution in [0.2, 0.25) is 0 Å². The van der Waals surface area contributed by atoms with Crippen molar-refractivity contribution in [2.75, 3.05) is 0 Å². The Labute approximate surface area is 236 Å². The van der Waals surface area contributed by atoms with E-state index in [1.165, 1.54) is 65.3 Å². The number of benzene rings is 8. The molecular weight excluding hydrogens is 496 g/mol. The zero-order valence-electron chi connectivity index (χ0n) is 22.3. The fraction of sp³-hybridized carbons (Fsp3) is 0. The second-order valence-corrected chi connectivity index (χ2v) is 10.9. The second-order valence-electron chi connectivity index (χ2n) is 10.9. The van der Waals surface area contributed by atoms with Crippen molar-refractivity contribution in [3.8, 4) is 22.3 Å². The highest BCUT2D eigenvalue weighted by atomic mass is 16.3. The summed E-state index contributed by atoms with van der Waals surface area (Å²) < 4.78 is 6.62. The summed E-state index contributed by atoms with van der Waals surface area (Å²) >= 11 is 0. The molecule has 0 aliphatic heterocycles. The van der Waals surface area contributed by atoms with Gasteiger partial charge in [-0.1, -0.05) is 121 Å². The van der Waals surface area contributed by atoms with Crippen molar-refractivity contribution in [2.24, 2.45) is 0 Å². The number of hydrogen-bond donors (Lipinski definition) is 0. The highest BCUT2D eigenvalue weighted by molar-refractivity contribution is 6.26. The van der Waals surface area contributed by atoms with E-state index in [1.54, 1.807) is 0 Å². The van der Waals surface area contributed by atoms with Crippen LogP contribution in [-0.4, -0.2) is 0 Å². The van der Waals surface area contributed by atoms with E-state index in [4.69, 9.17) is 4.42 Å². The third-order valence-corrected chi connectivity index (χ3v) is 8.63. The molecule has 0 fully saturated rings. The molecule has 0 radical (unpaired) electrons. The van der Waals surface area contributed by atoms with Crippen LogP contribution in [0, 0.1) is 0 Å². The first kappa shape index (κ1) is 22.4. The Morgan fingerprint density at radius 3 is 1.93 bits per heavy atom. The molecule has 41 heavy (non-hydrogen) atoms. The maximum atomic E-state index is 6.62. The van der Waals surface area contributed by atoms with Gasteiger partial charge in [0.15, 0.2) is 0 Å². The van der Waals surface area contributed by atoms with E-state index in [9.17, 15) is 0 Å². The van der Waals surface area contributed by atoms with Gasteiger partial charge in [-0.25, -0.2) is 0 Å². The topological polar surface area (TPSA) is 13.1 Å². The molecule has 8 aromatic carbocycles. The van der Waals surface area contributed by atoms with Gasteiger partial charge in [-0.3, -0.25) is 0 Å². The largest absolute Gasteiger partial charge is 0.455 e. The van der Waals surface area contributed by atoms with E-state index in [-0.39, 0.29) is 0 Å². The van der Waals surface area contributed by atoms with Crippen molar-refractivity contribution in [2.45, 2.75) is 0 Å². The van der Waals surface area contributed by atoms with Gasteiger partial charge in [0, 0.05) is 16.2 Å². The highest BCUT2D eigenvalue weighted by Gasteiger charge is 2.19. The predicted octanol–water partition coefficient (Wildman–Crippen LogP) is 11.5. The Morgan fingerprint density at radius 2 is 1.07 bits per heavy atom. The summed E-state index contributed by atoms with van der Waals surface area (Å²) in [5, 5.41) is 12.2. The lowest BCUT2D eigenvalue weighted by molar-refractivity contribution is 0.673. The van der Waals surface area contributed by atoms with E-state index >= 15 is 0 Å². The van der Waals surface area contributed by atoms with Crippen LogP contribution in [0.5, 0.6) is 0 Å². The first-order valence-corrected chi connectivity index (χ1v) is 14.1. The summed E-state index contributed by atoms with van der Waals surface area (Å²) in [6.45, 7) is 0. The second kappa shape index (κ2) is 8.55. The molecule has 190 valence electrons. The fourth-order valence-electron chi connectivity index (χ4n) is 6.73. The molecule has 0 aliphatic carbocycles. The molecule has 1 heteroatoms. The summed E-state index contributed by atoms with van der Waals surface area (Å²) in [5.41, 5.74) is 6.76. The van der Waals surface area contributed by atoms with E-state index in [2.05, 4.69) is 146 Å². The Morgan fingerprint density at radius 1 is 0.366 bits per heavy atom. The van der Waals surface area contributed by atoms with Gasteiger partial charge in [-0.15, -0.1) is 0 Å². The van der Waals surface area contributed by atoms with Crippen molar-refractivity contribution in [1.29, 1.82) is 0 Å². The number of rotatable bonds is 2. The predicted molar refractivity (Wildman–Crippen MR) is 175 cm³/mol. The van der Waals surface area contributed by atoms with Gasteiger partial charge < -0.3 is 4.42 Å². The molecule has 0 N–H and O–H groups in total. The third-order valence-electron chi connectivity index (χ3n) is 8.63. The molecule has 9 aromatic rings. The van der Waals surface area contributed by atoms with Crippen LogP contribution in [0.25, 0.3) is 87.3 Å². The molecule has 0 unspecified atom stereocenters. The molecule has 0 spiro atoms. The maximum absolute atomic E-state index is 6.62. The molecular formula is C40H24O. The van der Waals surface area contributed by atoms with Gasteiger partial charge in [-0.05, 0) is 84.2 Å². The van der Waals surface area contributed by atoms with Gasteiger partial charge in [0.2, 0.25) is 0 Å². The lowest BCUT2D eigenvalue weighted by Gasteiger charge is -2.16. The van der Waals surface area contributed by atoms with Crippen molar-refractivity contribution in [3.63, 3.8) is 0 Å². The van der Waals surface area contributed by atoms with Gasteiger partial charge in [0.25, 0.3) is 0 Å². The van der Waals surface area contributed by atoms with Crippen LogP contribution >= 0.6 is 0 Å². The quantitative estimate of drug-likeness (QED) is 0.163. The third kappa shape index (κ3) is 3.30. The fourth-order valence-corrected chi connectivity index (χ4v) is 6.73. The van der Waals surface area contributed by atoms with Crippen LogP contribution in [0.4, 0.5) is 0 Å². The molecule has 1 heterocycles. The number of hydrogen-bond acceptors (Lipinski definition) is 1. The van der Waals surface area contributed by atoms with Gasteiger partial charge in [0.1, 0.15) is 11.2 Å². The molecule has 1 nitrogen and oxygen atoms in total. The Balaban J connectivity index is 1.47.